The van der Waals surface area contributed by atoms with Crippen LogP contribution < -0.4 is 5.32 Å². The zero-order chi connectivity index (χ0) is 16.8. The van der Waals surface area contributed by atoms with Gasteiger partial charge >= 0.3 is 5.97 Å². The van der Waals surface area contributed by atoms with Gasteiger partial charge in [0.05, 0.1) is 11.2 Å². The fraction of sp³-hybridized carbons (Fsp3) is 0.200. The van der Waals surface area contributed by atoms with Crippen molar-refractivity contribution in [3.05, 3.63) is 52.3 Å². The smallest absolute Gasteiger partial charge is 0.322 e. The van der Waals surface area contributed by atoms with Crippen molar-refractivity contribution in [3.63, 3.8) is 0 Å². The Morgan fingerprint density at radius 3 is 2.87 bits per heavy atom. The quantitative estimate of drug-likeness (QED) is 0.613. The van der Waals surface area contributed by atoms with E-state index in [0.29, 0.717) is 10.9 Å². The number of carboxylic acid groups (broad SMARTS) is 1. The van der Waals surface area contributed by atoms with Gasteiger partial charge in [0.2, 0.25) is 0 Å². The highest BCUT2D eigenvalue weighted by Gasteiger charge is 2.15. The summed E-state index contributed by atoms with van der Waals surface area (Å²) in [7, 11) is 0. The normalized spacial score (nSPS) is 10.3. The van der Waals surface area contributed by atoms with E-state index in [9.17, 15) is 9.59 Å². The third-order valence-corrected chi connectivity index (χ3v) is 4.00. The van der Waals surface area contributed by atoms with Gasteiger partial charge in [-0.05, 0) is 12.5 Å². The summed E-state index contributed by atoms with van der Waals surface area (Å²) in [5, 5.41) is 11.3. The van der Waals surface area contributed by atoms with Crippen LogP contribution in [0.3, 0.4) is 0 Å². The van der Waals surface area contributed by atoms with E-state index in [4.69, 9.17) is 16.7 Å². The lowest BCUT2D eigenvalue weighted by atomic mass is 10.2. The monoisotopic (exact) mass is 351 g/mol. The number of hydrogen-bond acceptors (Lipinski definition) is 5. The predicted octanol–water partition coefficient (Wildman–Crippen LogP) is 2.55. The first kappa shape index (κ1) is 17.2. The first-order valence-corrected chi connectivity index (χ1v) is 8.03. The van der Waals surface area contributed by atoms with Crippen LogP contribution in [0.15, 0.2) is 35.6 Å². The number of aromatic nitrogens is 2. The molecule has 0 aliphatic rings. The number of rotatable bonds is 6. The van der Waals surface area contributed by atoms with E-state index < -0.39 is 18.4 Å². The van der Waals surface area contributed by atoms with Crippen molar-refractivity contribution in [2.45, 2.75) is 17.8 Å². The Morgan fingerprint density at radius 1 is 1.39 bits per heavy atom. The first-order chi connectivity index (χ1) is 11.0. The Bertz CT molecular complexity index is 740. The molecule has 120 valence electrons. The summed E-state index contributed by atoms with van der Waals surface area (Å²) in [5.41, 5.74) is 2.24. The molecule has 0 atom stereocenters. The molecule has 0 unspecified atom stereocenters. The van der Waals surface area contributed by atoms with Gasteiger partial charge in [0.25, 0.3) is 5.91 Å². The van der Waals surface area contributed by atoms with Crippen molar-refractivity contribution in [1.29, 1.82) is 0 Å². The van der Waals surface area contributed by atoms with Gasteiger partial charge in [0.15, 0.2) is 10.9 Å². The Balaban J connectivity index is 2.07. The number of carboxylic acids is 1. The summed E-state index contributed by atoms with van der Waals surface area (Å²) in [5.74, 6) is -1.13. The Morgan fingerprint density at radius 2 is 2.17 bits per heavy atom. The maximum atomic E-state index is 11.9. The molecule has 0 bridgehead atoms. The van der Waals surface area contributed by atoms with Crippen LogP contribution in [0.4, 0.5) is 0 Å². The second kappa shape index (κ2) is 7.94. The fourth-order valence-corrected chi connectivity index (χ4v) is 2.70. The number of amides is 1. The lowest BCUT2D eigenvalue weighted by Crippen LogP contribution is -2.30. The second-order valence-corrected chi connectivity index (χ2v) is 6.05. The molecule has 0 fully saturated rings. The van der Waals surface area contributed by atoms with Crippen LogP contribution >= 0.6 is 23.4 Å². The molecule has 0 aliphatic carbocycles. The number of benzene rings is 1. The number of carbonyl (C=O) groups excluding carboxylic acids is 1. The van der Waals surface area contributed by atoms with Gasteiger partial charge in [0, 0.05) is 5.75 Å². The van der Waals surface area contributed by atoms with Gasteiger partial charge < -0.3 is 10.4 Å². The van der Waals surface area contributed by atoms with E-state index in [1.54, 1.807) is 0 Å². The van der Waals surface area contributed by atoms with E-state index in [1.807, 2.05) is 25.1 Å². The first-order valence-electron chi connectivity index (χ1n) is 6.66. The summed E-state index contributed by atoms with van der Waals surface area (Å²) in [6.45, 7) is 1.52. The number of nitrogens with one attached hydrogen (secondary N) is 1. The highest BCUT2D eigenvalue weighted by Crippen LogP contribution is 2.22. The second-order valence-electron chi connectivity index (χ2n) is 4.70. The van der Waals surface area contributed by atoms with Crippen LogP contribution in [0.1, 0.15) is 21.6 Å². The molecule has 6 nitrogen and oxygen atoms in total. The van der Waals surface area contributed by atoms with Crippen LogP contribution in [0.25, 0.3) is 0 Å². The van der Waals surface area contributed by atoms with E-state index in [-0.39, 0.29) is 10.7 Å². The van der Waals surface area contributed by atoms with Crippen LogP contribution in [-0.2, 0) is 10.5 Å². The third kappa shape index (κ3) is 5.22. The predicted molar refractivity (Wildman–Crippen MR) is 87.8 cm³/mol. The van der Waals surface area contributed by atoms with Crippen molar-refractivity contribution in [2.24, 2.45) is 0 Å². The molecule has 0 saturated carbocycles. The molecule has 0 aliphatic heterocycles. The van der Waals surface area contributed by atoms with Crippen LogP contribution in [0.5, 0.6) is 0 Å². The van der Waals surface area contributed by atoms with E-state index >= 15 is 0 Å². The van der Waals surface area contributed by atoms with E-state index in [0.717, 1.165) is 11.1 Å². The molecule has 2 N–H and O–H groups in total. The molecular formula is C15H14ClN3O3S. The minimum Gasteiger partial charge on any atom is -0.480 e. The highest BCUT2D eigenvalue weighted by molar-refractivity contribution is 7.98. The number of halogens is 1. The zero-order valence-electron chi connectivity index (χ0n) is 12.2. The molecule has 1 heterocycles. The minimum absolute atomic E-state index is 0.0327. The largest absolute Gasteiger partial charge is 0.480 e. The van der Waals surface area contributed by atoms with Crippen molar-refractivity contribution >= 4 is 35.2 Å². The molecule has 1 aromatic heterocycles. The van der Waals surface area contributed by atoms with Gasteiger partial charge in [-0.15, -0.1) is 0 Å². The van der Waals surface area contributed by atoms with Crippen LogP contribution in [-0.4, -0.2) is 33.5 Å². The maximum absolute atomic E-state index is 11.9. The molecule has 0 saturated heterocycles. The van der Waals surface area contributed by atoms with Crippen LogP contribution in [0, 0.1) is 6.92 Å². The fourth-order valence-electron chi connectivity index (χ4n) is 1.77. The molecule has 8 heteroatoms. The Kier molecular flexibility index (Phi) is 5.95. The average molecular weight is 352 g/mol. The van der Waals surface area contributed by atoms with Crippen molar-refractivity contribution < 1.29 is 14.7 Å². The Hall–Kier alpha value is -2.12. The standard InChI is InChI=1S/C15H14ClN3O3S/c1-9-3-2-4-10(5-9)8-23-15-18-6-11(16)13(19-15)14(22)17-7-12(20)21/h2-6H,7-8H2,1H3,(H,17,22)(H,20,21). The summed E-state index contributed by atoms with van der Waals surface area (Å²) in [6.07, 6.45) is 1.34. The molecule has 0 radical (unpaired) electrons. The molecule has 2 rings (SSSR count). The topological polar surface area (TPSA) is 92.2 Å². The number of thioether (sulfide) groups is 1. The summed E-state index contributed by atoms with van der Waals surface area (Å²) < 4.78 is 0. The average Bonchev–Trinajstić information content (AvgIpc) is 2.52. The minimum atomic E-state index is -1.14. The highest BCUT2D eigenvalue weighted by atomic mass is 35.5. The number of aryl methyl sites for hydroxylation is 1. The number of carbonyl (C=O) groups is 2. The molecule has 1 aromatic carbocycles. The molecule has 0 spiro atoms. The van der Waals surface area contributed by atoms with E-state index in [1.165, 1.54) is 18.0 Å². The molecule has 23 heavy (non-hydrogen) atoms. The number of aliphatic carboxylic acids is 1. The summed E-state index contributed by atoms with van der Waals surface area (Å²) in [6, 6.07) is 8.04. The summed E-state index contributed by atoms with van der Waals surface area (Å²) in [4.78, 5) is 30.6. The SMILES string of the molecule is Cc1cccc(CSc2ncc(Cl)c(C(=O)NCC(=O)O)n2)c1. The van der Waals surface area contributed by atoms with E-state index in [2.05, 4.69) is 21.4 Å². The molecule has 2 aromatic rings. The lowest BCUT2D eigenvalue weighted by Gasteiger charge is -2.06. The van der Waals surface area contributed by atoms with Crippen molar-refractivity contribution in [3.8, 4) is 0 Å². The Labute approximate surface area is 142 Å². The molecular weight excluding hydrogens is 338 g/mol. The third-order valence-electron chi connectivity index (χ3n) is 2.79. The van der Waals surface area contributed by atoms with Gasteiger partial charge in [-0.1, -0.05) is 53.2 Å². The van der Waals surface area contributed by atoms with Crippen LogP contribution in [0.2, 0.25) is 5.02 Å². The van der Waals surface area contributed by atoms with Gasteiger partial charge in [0.1, 0.15) is 6.54 Å². The van der Waals surface area contributed by atoms with Gasteiger partial charge in [-0.3, -0.25) is 9.59 Å². The maximum Gasteiger partial charge on any atom is 0.322 e. The van der Waals surface area contributed by atoms with Crippen molar-refractivity contribution in [2.75, 3.05) is 6.54 Å². The summed E-state index contributed by atoms with van der Waals surface area (Å²) >= 11 is 7.27. The number of nitrogens with zero attached hydrogens (tertiary/aromatic N) is 2. The van der Waals surface area contributed by atoms with Gasteiger partial charge in [-0.2, -0.15) is 0 Å². The van der Waals surface area contributed by atoms with Crippen molar-refractivity contribution in [1.82, 2.24) is 15.3 Å². The number of hydrogen-bond donors (Lipinski definition) is 2. The zero-order valence-corrected chi connectivity index (χ0v) is 13.8. The lowest BCUT2D eigenvalue weighted by molar-refractivity contribution is -0.135. The molecule has 1 amide bonds. The van der Waals surface area contributed by atoms with Gasteiger partial charge in [-0.25, -0.2) is 9.97 Å².